The molecule has 4 rings (SSSR count). The first-order valence-electron chi connectivity index (χ1n) is 14.5. The van der Waals surface area contributed by atoms with Gasteiger partial charge in [-0.15, -0.1) is 0 Å². The number of amides is 4. The average Bonchev–Trinajstić information content (AvgIpc) is 3.04. The second kappa shape index (κ2) is 12.4. The summed E-state index contributed by atoms with van der Waals surface area (Å²) in [4.78, 5) is 57.5. The number of carboxylic acid groups (broad SMARTS) is 1. The number of nitrogens with one attached hydrogen (secondary N) is 1. The lowest BCUT2D eigenvalue weighted by Gasteiger charge is -2.35. The molecule has 0 aromatic heterocycles. The van der Waals surface area contributed by atoms with Crippen LogP contribution in [-0.4, -0.2) is 59.0 Å². The number of hydrogen-bond donors (Lipinski definition) is 2. The number of aryl methyl sites for hydroxylation is 1. The Hall–Kier alpha value is -4.91. The predicted molar refractivity (Wildman–Crippen MR) is 169 cm³/mol. The zero-order chi connectivity index (χ0) is 32.5. The van der Waals surface area contributed by atoms with Crippen molar-refractivity contribution < 1.29 is 24.3 Å². The molecule has 1 heterocycles. The van der Waals surface area contributed by atoms with Gasteiger partial charge < -0.3 is 20.2 Å². The van der Waals surface area contributed by atoms with Crippen LogP contribution in [0.4, 0.5) is 16.2 Å². The van der Waals surface area contributed by atoms with Gasteiger partial charge in [-0.3, -0.25) is 19.3 Å². The van der Waals surface area contributed by atoms with Crippen molar-refractivity contribution in [2.75, 3.05) is 16.8 Å². The topological polar surface area (TPSA) is 134 Å². The summed E-state index contributed by atoms with van der Waals surface area (Å²) in [5.41, 5.74) is 2.57. The van der Waals surface area contributed by atoms with E-state index in [0.717, 1.165) is 26.8 Å². The molecular formula is C34H39N5O5. The number of hydrogen-bond acceptors (Lipinski definition) is 5. The van der Waals surface area contributed by atoms with Crippen molar-refractivity contribution in [2.24, 2.45) is 5.41 Å². The van der Waals surface area contributed by atoms with Crippen LogP contribution in [0.2, 0.25) is 0 Å². The highest BCUT2D eigenvalue weighted by atomic mass is 16.4. The summed E-state index contributed by atoms with van der Waals surface area (Å²) in [5, 5.41) is 24.2. The zero-order valence-corrected chi connectivity index (χ0v) is 26.2. The molecule has 10 heteroatoms. The number of fused-ring (bicyclic) bond motifs is 2. The smallest absolute Gasteiger partial charge is 0.407 e. The minimum atomic E-state index is -1.27. The van der Waals surface area contributed by atoms with E-state index in [-0.39, 0.29) is 18.9 Å². The van der Waals surface area contributed by atoms with E-state index in [0.29, 0.717) is 16.9 Å². The van der Waals surface area contributed by atoms with Gasteiger partial charge in [-0.2, -0.15) is 5.26 Å². The van der Waals surface area contributed by atoms with Crippen LogP contribution in [0.3, 0.4) is 0 Å². The quantitative estimate of drug-likeness (QED) is 0.401. The number of likely N-dealkylation sites (N-methyl/N-ethyl adjacent to an activating group) is 1. The van der Waals surface area contributed by atoms with E-state index in [2.05, 4.69) is 11.4 Å². The first kappa shape index (κ1) is 32.0. The Bertz CT molecular complexity index is 1670. The lowest BCUT2D eigenvalue weighted by molar-refractivity contribution is -0.131. The second-order valence-corrected chi connectivity index (χ2v) is 12.6. The van der Waals surface area contributed by atoms with Crippen LogP contribution in [0.1, 0.15) is 57.7 Å². The molecule has 0 saturated heterocycles. The number of carbonyl (C=O) groups excluding carboxylic acids is 3. The largest absolute Gasteiger partial charge is 0.465 e. The number of benzene rings is 3. The second-order valence-electron chi connectivity index (χ2n) is 12.6. The fourth-order valence-electron chi connectivity index (χ4n) is 5.86. The molecule has 44 heavy (non-hydrogen) atoms. The molecule has 0 saturated carbocycles. The Morgan fingerprint density at radius 1 is 1.09 bits per heavy atom. The third-order valence-electron chi connectivity index (χ3n) is 8.18. The molecule has 1 aliphatic rings. The lowest BCUT2D eigenvalue weighted by Crippen LogP contribution is -2.60. The number of nitrogens with zero attached hydrogens (tertiary/aromatic N) is 4. The number of nitriles is 1. The van der Waals surface area contributed by atoms with E-state index in [9.17, 15) is 29.5 Å². The molecule has 0 radical (unpaired) electrons. The van der Waals surface area contributed by atoms with Crippen LogP contribution in [0.25, 0.3) is 10.8 Å². The maximum absolute atomic E-state index is 14.6. The van der Waals surface area contributed by atoms with Crippen LogP contribution in [0.15, 0.2) is 54.6 Å². The van der Waals surface area contributed by atoms with E-state index in [1.54, 1.807) is 30.0 Å². The highest BCUT2D eigenvalue weighted by Crippen LogP contribution is 2.38. The number of anilines is 2. The third-order valence-corrected chi connectivity index (χ3v) is 8.18. The average molecular weight is 598 g/mol. The summed E-state index contributed by atoms with van der Waals surface area (Å²) in [6.07, 6.45) is -1.07. The van der Waals surface area contributed by atoms with Crippen LogP contribution >= 0.6 is 0 Å². The molecule has 0 bridgehead atoms. The molecule has 10 nitrogen and oxygen atoms in total. The Morgan fingerprint density at radius 2 is 1.77 bits per heavy atom. The van der Waals surface area contributed by atoms with E-state index in [1.165, 1.54) is 18.9 Å². The van der Waals surface area contributed by atoms with Crippen LogP contribution in [0.5, 0.6) is 0 Å². The fraction of sp³-hybridized carbons (Fsp3) is 0.382. The molecule has 0 fully saturated rings. The zero-order valence-electron chi connectivity index (χ0n) is 26.2. The molecule has 0 spiro atoms. The molecule has 0 unspecified atom stereocenters. The standard InChI is InChI=1S/C34H39N5O5/c1-20-12-14-24-10-8-9-11-25(24)26(20)19-38-27-15-13-23(18-35)16-28(27)39(22(3)40)21(2)30(32(38)42)36-31(41)29(17-34(4,5)6)37(7)33(43)44/h8-16,21,29-30H,17,19H2,1-7H3,(H,36,41)(H,43,44)/t21-,29-,30-/m0/s1. The van der Waals surface area contributed by atoms with Gasteiger partial charge in [-0.05, 0) is 65.8 Å². The molecule has 0 aliphatic carbocycles. The van der Waals surface area contributed by atoms with E-state index in [1.807, 2.05) is 64.1 Å². The summed E-state index contributed by atoms with van der Waals surface area (Å²) >= 11 is 0. The first-order chi connectivity index (χ1) is 20.6. The van der Waals surface area contributed by atoms with Crippen LogP contribution in [0, 0.1) is 23.7 Å². The highest BCUT2D eigenvalue weighted by Gasteiger charge is 2.43. The minimum absolute atomic E-state index is 0.135. The number of carbonyl (C=O) groups is 4. The third kappa shape index (κ3) is 6.37. The minimum Gasteiger partial charge on any atom is -0.465 e. The van der Waals surface area contributed by atoms with Crippen molar-refractivity contribution >= 4 is 46.0 Å². The summed E-state index contributed by atoms with van der Waals surface area (Å²) in [7, 11) is 1.33. The summed E-state index contributed by atoms with van der Waals surface area (Å²) in [6, 6.07) is 15.6. The van der Waals surface area contributed by atoms with Gasteiger partial charge >= 0.3 is 6.09 Å². The van der Waals surface area contributed by atoms with Crippen molar-refractivity contribution in [3.63, 3.8) is 0 Å². The van der Waals surface area contributed by atoms with Crippen molar-refractivity contribution in [1.82, 2.24) is 10.2 Å². The van der Waals surface area contributed by atoms with Crippen molar-refractivity contribution in [2.45, 2.75) is 72.6 Å². The fourth-order valence-corrected chi connectivity index (χ4v) is 5.86. The molecular weight excluding hydrogens is 558 g/mol. The molecule has 4 amide bonds. The highest BCUT2D eigenvalue weighted by molar-refractivity contribution is 6.09. The van der Waals surface area contributed by atoms with E-state index >= 15 is 0 Å². The van der Waals surface area contributed by atoms with Crippen LogP contribution < -0.4 is 15.1 Å². The maximum Gasteiger partial charge on any atom is 0.407 e. The van der Waals surface area contributed by atoms with E-state index in [4.69, 9.17) is 0 Å². The van der Waals surface area contributed by atoms with Crippen molar-refractivity contribution in [3.8, 4) is 6.07 Å². The maximum atomic E-state index is 14.6. The van der Waals surface area contributed by atoms with Crippen LogP contribution in [-0.2, 0) is 20.9 Å². The molecule has 3 atom stereocenters. The van der Waals surface area contributed by atoms with Gasteiger partial charge in [0.1, 0.15) is 12.1 Å². The monoisotopic (exact) mass is 597 g/mol. The van der Waals surface area contributed by atoms with E-state index < -0.39 is 41.4 Å². The Morgan fingerprint density at radius 3 is 2.39 bits per heavy atom. The predicted octanol–water partition coefficient (Wildman–Crippen LogP) is 5.21. The van der Waals surface area contributed by atoms with Gasteiger partial charge in [-0.25, -0.2) is 4.79 Å². The van der Waals surface area contributed by atoms with Crippen molar-refractivity contribution in [1.29, 1.82) is 5.26 Å². The normalized spacial score (nSPS) is 17.4. The molecule has 2 N–H and O–H groups in total. The number of rotatable bonds is 6. The van der Waals surface area contributed by atoms with Gasteiger partial charge in [0.15, 0.2) is 0 Å². The van der Waals surface area contributed by atoms with Gasteiger partial charge in [-0.1, -0.05) is 57.2 Å². The molecule has 230 valence electrons. The summed E-state index contributed by atoms with van der Waals surface area (Å²) < 4.78 is 0. The SMILES string of the molecule is CC(=O)N1c2cc(C#N)ccc2N(Cc2c(C)ccc3ccccc23)C(=O)[C@@H](NC(=O)[C@H](CC(C)(C)C)N(C)C(=O)O)[C@@H]1C. The van der Waals surface area contributed by atoms with Gasteiger partial charge in [0.05, 0.1) is 35.6 Å². The Balaban J connectivity index is 1.88. The van der Waals surface area contributed by atoms with Crippen molar-refractivity contribution in [3.05, 3.63) is 71.3 Å². The molecule has 1 aliphatic heterocycles. The van der Waals surface area contributed by atoms with Gasteiger partial charge in [0.25, 0.3) is 5.91 Å². The molecule has 3 aromatic rings. The lowest BCUT2D eigenvalue weighted by atomic mass is 9.87. The molecule has 3 aromatic carbocycles. The van der Waals surface area contributed by atoms with Gasteiger partial charge in [0.2, 0.25) is 11.8 Å². The first-order valence-corrected chi connectivity index (χ1v) is 14.5. The van der Waals surface area contributed by atoms with Gasteiger partial charge in [0, 0.05) is 14.0 Å². The summed E-state index contributed by atoms with van der Waals surface area (Å²) in [5.74, 6) is -1.47. The Kier molecular flexibility index (Phi) is 9.00. The summed E-state index contributed by atoms with van der Waals surface area (Å²) in [6.45, 7) is 10.8. The Labute approximate surface area is 257 Å².